The molecule has 0 aliphatic rings. The molecule has 1 rings (SSSR count). The Balaban J connectivity index is 2.36. The van der Waals surface area contributed by atoms with Gasteiger partial charge in [-0.15, -0.1) is 0 Å². The minimum atomic E-state index is -1.24. The number of amides is 1. The van der Waals surface area contributed by atoms with Gasteiger partial charge in [0.1, 0.15) is 12.6 Å². The van der Waals surface area contributed by atoms with Crippen LogP contribution in [0.15, 0.2) is 30.3 Å². The van der Waals surface area contributed by atoms with Crippen molar-refractivity contribution in [1.82, 2.24) is 5.32 Å². The van der Waals surface area contributed by atoms with E-state index < -0.39 is 24.1 Å². The summed E-state index contributed by atoms with van der Waals surface area (Å²) in [7, 11) is 1.13. The third kappa shape index (κ3) is 6.42. The number of carboxylic acid groups (broad SMARTS) is 1. The molecule has 0 aromatic heterocycles. The fraction of sp³-hybridized carbons (Fsp3) is 0.357. The van der Waals surface area contributed by atoms with Gasteiger partial charge < -0.3 is 19.9 Å². The maximum absolute atomic E-state index is 11.5. The molecular weight excluding hydrogens is 278 g/mol. The van der Waals surface area contributed by atoms with Crippen LogP contribution in [0.4, 0.5) is 4.79 Å². The Kier molecular flexibility index (Phi) is 6.73. The summed E-state index contributed by atoms with van der Waals surface area (Å²) in [6.07, 6.45) is -1.05. The largest absolute Gasteiger partial charge is 0.480 e. The molecule has 0 aliphatic carbocycles. The van der Waals surface area contributed by atoms with Crippen LogP contribution in [0, 0.1) is 0 Å². The molecule has 0 radical (unpaired) electrons. The summed E-state index contributed by atoms with van der Waals surface area (Å²) >= 11 is 0. The Morgan fingerprint density at radius 2 is 1.90 bits per heavy atom. The molecule has 1 atom stereocenters. The Bertz CT molecular complexity index is 487. The first-order chi connectivity index (χ1) is 10.0. The summed E-state index contributed by atoms with van der Waals surface area (Å²) in [5, 5.41) is 11.0. The van der Waals surface area contributed by atoms with E-state index in [-0.39, 0.29) is 19.4 Å². The Morgan fingerprint density at radius 1 is 1.24 bits per heavy atom. The molecule has 0 spiro atoms. The highest BCUT2D eigenvalue weighted by molar-refractivity contribution is 5.80. The second-order valence-electron chi connectivity index (χ2n) is 4.21. The SMILES string of the molecule is COC(=O)NC(CCC(=O)OCc1ccccc1)C(=O)O. The van der Waals surface area contributed by atoms with Crippen LogP contribution in [0.25, 0.3) is 0 Å². The lowest BCUT2D eigenvalue weighted by atomic mass is 10.1. The number of rotatable bonds is 7. The molecule has 0 saturated heterocycles. The molecule has 7 nitrogen and oxygen atoms in total. The smallest absolute Gasteiger partial charge is 0.407 e. The number of methoxy groups -OCH3 is 1. The first-order valence-electron chi connectivity index (χ1n) is 6.29. The molecule has 1 amide bonds. The predicted octanol–water partition coefficient (Wildman–Crippen LogP) is 1.32. The van der Waals surface area contributed by atoms with E-state index in [1.54, 1.807) is 0 Å². The molecule has 21 heavy (non-hydrogen) atoms. The first-order valence-corrected chi connectivity index (χ1v) is 6.29. The average molecular weight is 295 g/mol. The molecule has 0 aliphatic heterocycles. The summed E-state index contributed by atoms with van der Waals surface area (Å²) in [5.41, 5.74) is 0.841. The highest BCUT2D eigenvalue weighted by atomic mass is 16.5. The van der Waals surface area contributed by atoms with Gasteiger partial charge in [0.25, 0.3) is 0 Å². The lowest BCUT2D eigenvalue weighted by molar-refractivity contribution is -0.145. The number of carboxylic acids is 1. The minimum Gasteiger partial charge on any atom is -0.480 e. The highest BCUT2D eigenvalue weighted by Crippen LogP contribution is 2.05. The third-order valence-electron chi connectivity index (χ3n) is 2.66. The zero-order chi connectivity index (χ0) is 15.7. The van der Waals surface area contributed by atoms with Crippen LogP contribution >= 0.6 is 0 Å². The molecule has 7 heteroatoms. The summed E-state index contributed by atoms with van der Waals surface area (Å²) in [6, 6.07) is 7.93. The number of carbonyl (C=O) groups is 3. The van der Waals surface area contributed by atoms with Gasteiger partial charge in [0, 0.05) is 6.42 Å². The summed E-state index contributed by atoms with van der Waals surface area (Å²) < 4.78 is 9.33. The van der Waals surface area contributed by atoms with Crippen molar-refractivity contribution in [1.29, 1.82) is 0 Å². The zero-order valence-corrected chi connectivity index (χ0v) is 11.6. The van der Waals surface area contributed by atoms with E-state index in [0.29, 0.717) is 0 Å². The minimum absolute atomic E-state index is 0.0714. The Labute approximate surface area is 121 Å². The van der Waals surface area contributed by atoms with Gasteiger partial charge in [-0.05, 0) is 12.0 Å². The summed E-state index contributed by atoms with van der Waals surface area (Å²) in [4.78, 5) is 33.4. The normalized spacial score (nSPS) is 11.3. The zero-order valence-electron chi connectivity index (χ0n) is 11.6. The maximum atomic E-state index is 11.5. The lowest BCUT2D eigenvalue weighted by Gasteiger charge is -2.13. The number of benzene rings is 1. The predicted molar refractivity (Wildman–Crippen MR) is 72.4 cm³/mol. The van der Waals surface area contributed by atoms with Crippen molar-refractivity contribution in [3.63, 3.8) is 0 Å². The lowest BCUT2D eigenvalue weighted by Crippen LogP contribution is -2.41. The molecule has 0 saturated carbocycles. The molecular formula is C14H17NO6. The van der Waals surface area contributed by atoms with Crippen LogP contribution < -0.4 is 5.32 Å². The third-order valence-corrected chi connectivity index (χ3v) is 2.66. The number of aliphatic carboxylic acids is 1. The van der Waals surface area contributed by atoms with Crippen LogP contribution in [-0.4, -0.2) is 36.3 Å². The van der Waals surface area contributed by atoms with Crippen molar-refractivity contribution in [2.75, 3.05) is 7.11 Å². The van der Waals surface area contributed by atoms with E-state index in [0.717, 1.165) is 12.7 Å². The molecule has 0 heterocycles. The monoisotopic (exact) mass is 295 g/mol. The fourth-order valence-electron chi connectivity index (χ4n) is 1.53. The van der Waals surface area contributed by atoms with E-state index in [4.69, 9.17) is 9.84 Å². The molecule has 2 N–H and O–H groups in total. The highest BCUT2D eigenvalue weighted by Gasteiger charge is 2.21. The van der Waals surface area contributed by atoms with Crippen molar-refractivity contribution < 1.29 is 29.0 Å². The van der Waals surface area contributed by atoms with E-state index in [1.807, 2.05) is 30.3 Å². The standard InChI is InChI=1S/C14H17NO6/c1-20-14(19)15-11(13(17)18)7-8-12(16)21-9-10-5-3-2-4-6-10/h2-6,11H,7-9H2,1H3,(H,15,19)(H,17,18). The van der Waals surface area contributed by atoms with Crippen molar-refractivity contribution in [3.8, 4) is 0 Å². The van der Waals surface area contributed by atoms with Gasteiger partial charge in [-0.25, -0.2) is 9.59 Å². The van der Waals surface area contributed by atoms with Crippen molar-refractivity contribution >= 4 is 18.0 Å². The fourth-order valence-corrected chi connectivity index (χ4v) is 1.53. The molecule has 1 aromatic carbocycles. The quantitative estimate of drug-likeness (QED) is 0.735. The second-order valence-corrected chi connectivity index (χ2v) is 4.21. The molecule has 1 aromatic rings. The number of carbonyl (C=O) groups excluding carboxylic acids is 2. The number of ether oxygens (including phenoxy) is 2. The van der Waals surface area contributed by atoms with E-state index >= 15 is 0 Å². The van der Waals surface area contributed by atoms with Gasteiger partial charge in [0.05, 0.1) is 7.11 Å². The molecule has 0 bridgehead atoms. The van der Waals surface area contributed by atoms with E-state index in [1.165, 1.54) is 0 Å². The van der Waals surface area contributed by atoms with Crippen LogP contribution in [0.5, 0.6) is 0 Å². The van der Waals surface area contributed by atoms with Gasteiger partial charge in [0.2, 0.25) is 0 Å². The van der Waals surface area contributed by atoms with Crippen molar-refractivity contribution in [2.45, 2.75) is 25.5 Å². The van der Waals surface area contributed by atoms with Gasteiger partial charge in [0.15, 0.2) is 0 Å². The van der Waals surface area contributed by atoms with Gasteiger partial charge in [-0.1, -0.05) is 30.3 Å². The Hall–Kier alpha value is -2.57. The number of hydrogen-bond acceptors (Lipinski definition) is 5. The van der Waals surface area contributed by atoms with Crippen molar-refractivity contribution in [3.05, 3.63) is 35.9 Å². The van der Waals surface area contributed by atoms with Crippen LogP contribution in [0.2, 0.25) is 0 Å². The van der Waals surface area contributed by atoms with Crippen molar-refractivity contribution in [2.24, 2.45) is 0 Å². The molecule has 114 valence electrons. The van der Waals surface area contributed by atoms with E-state index in [9.17, 15) is 14.4 Å². The number of nitrogens with one attached hydrogen (secondary N) is 1. The van der Waals surface area contributed by atoms with Gasteiger partial charge in [-0.3, -0.25) is 4.79 Å². The van der Waals surface area contributed by atoms with Crippen LogP contribution in [-0.2, 0) is 25.7 Å². The topological polar surface area (TPSA) is 102 Å². The van der Waals surface area contributed by atoms with Crippen LogP contribution in [0.3, 0.4) is 0 Å². The number of esters is 1. The summed E-state index contributed by atoms with van der Waals surface area (Å²) in [6.45, 7) is 0.127. The van der Waals surface area contributed by atoms with E-state index in [2.05, 4.69) is 10.1 Å². The van der Waals surface area contributed by atoms with Gasteiger partial charge in [-0.2, -0.15) is 0 Å². The maximum Gasteiger partial charge on any atom is 0.407 e. The first kappa shape index (κ1) is 16.5. The van der Waals surface area contributed by atoms with Crippen LogP contribution in [0.1, 0.15) is 18.4 Å². The van der Waals surface area contributed by atoms with Gasteiger partial charge >= 0.3 is 18.0 Å². The number of alkyl carbamates (subject to hydrolysis) is 1. The molecule has 1 unspecified atom stereocenters. The second kappa shape index (κ2) is 8.57. The molecule has 0 fully saturated rings. The average Bonchev–Trinajstić information content (AvgIpc) is 2.49. The number of hydrogen-bond donors (Lipinski definition) is 2. The Morgan fingerprint density at radius 3 is 2.48 bits per heavy atom. The summed E-state index contributed by atoms with van der Waals surface area (Å²) in [5.74, 6) is -1.77.